The zero-order chi connectivity index (χ0) is 28.8. The molecule has 1 aliphatic carbocycles. The third-order valence-electron chi connectivity index (χ3n) is 8.74. The molecular formula is C38H30N3O2Pt-. The average molecular weight is 756 g/mol. The molecule has 5 nitrogen and oxygen atoms in total. The maximum atomic E-state index is 10.7. The van der Waals surface area contributed by atoms with Crippen molar-refractivity contribution in [3.05, 3.63) is 121 Å². The Kier molecular flexibility index (Phi) is 7.66. The number of pyridine rings is 2. The van der Waals surface area contributed by atoms with Gasteiger partial charge in [0.05, 0.1) is 0 Å². The van der Waals surface area contributed by atoms with Crippen LogP contribution in [0.1, 0.15) is 43.6 Å². The molecular weight excluding hydrogens is 726 g/mol. The van der Waals surface area contributed by atoms with E-state index in [2.05, 4.69) is 65.2 Å². The number of benzene rings is 4. The van der Waals surface area contributed by atoms with Crippen molar-refractivity contribution in [3.63, 3.8) is 0 Å². The number of ether oxygens (including phenoxy) is 1. The van der Waals surface area contributed by atoms with E-state index in [-0.39, 0.29) is 26.8 Å². The van der Waals surface area contributed by atoms with Crippen LogP contribution in [0.5, 0.6) is 17.4 Å². The van der Waals surface area contributed by atoms with Crippen LogP contribution >= 0.6 is 0 Å². The maximum absolute atomic E-state index is 10.7. The van der Waals surface area contributed by atoms with E-state index >= 15 is 0 Å². The number of phenols is 1. The predicted molar refractivity (Wildman–Crippen MR) is 172 cm³/mol. The van der Waals surface area contributed by atoms with E-state index in [1.807, 2.05) is 48.7 Å². The van der Waals surface area contributed by atoms with Gasteiger partial charge in [-0.3, -0.25) is 0 Å². The van der Waals surface area contributed by atoms with Gasteiger partial charge in [0.1, 0.15) is 17.1 Å². The molecule has 0 atom stereocenters. The van der Waals surface area contributed by atoms with Crippen LogP contribution in [0.25, 0.3) is 49.7 Å². The minimum absolute atomic E-state index is 0. The first-order valence-electron chi connectivity index (χ1n) is 15.0. The molecule has 3 heterocycles. The first-order chi connectivity index (χ1) is 21.2. The van der Waals surface area contributed by atoms with Crippen LogP contribution in [0.2, 0.25) is 0 Å². The molecule has 0 spiro atoms. The number of hydrogen-bond acceptors (Lipinski definition) is 4. The normalized spacial score (nSPS) is 13.7. The van der Waals surface area contributed by atoms with E-state index in [4.69, 9.17) is 14.7 Å². The van der Waals surface area contributed by atoms with Gasteiger partial charge in [-0.1, -0.05) is 73.3 Å². The van der Waals surface area contributed by atoms with Crippen LogP contribution < -0.4 is 4.74 Å². The zero-order valence-electron chi connectivity index (χ0n) is 24.0. The summed E-state index contributed by atoms with van der Waals surface area (Å²) in [6.45, 7) is 0. The van der Waals surface area contributed by atoms with Gasteiger partial charge in [0.25, 0.3) is 0 Å². The van der Waals surface area contributed by atoms with Gasteiger partial charge in [-0.2, -0.15) is 6.07 Å². The summed E-state index contributed by atoms with van der Waals surface area (Å²) in [7, 11) is 0. The van der Waals surface area contributed by atoms with Gasteiger partial charge in [-0.25, -0.2) is 9.97 Å². The molecule has 6 heteroatoms. The van der Waals surface area contributed by atoms with Gasteiger partial charge in [0.15, 0.2) is 0 Å². The monoisotopic (exact) mass is 755 g/mol. The SMILES string of the molecule is Oc1ccc(-c2ccccc2)c2ccc(Oc3[c-]c4c(cc3)c3ccccc3n4-c3cc(C4CCCCC4)ccn3)nc12.[Pt]. The van der Waals surface area contributed by atoms with Crippen molar-refractivity contribution in [3.8, 4) is 34.3 Å². The quantitative estimate of drug-likeness (QED) is 0.178. The van der Waals surface area contributed by atoms with Gasteiger partial charge in [-0.15, -0.1) is 17.5 Å². The van der Waals surface area contributed by atoms with E-state index in [9.17, 15) is 5.11 Å². The molecule has 0 saturated heterocycles. The summed E-state index contributed by atoms with van der Waals surface area (Å²) in [6.07, 6.45) is 8.33. The van der Waals surface area contributed by atoms with E-state index in [0.717, 1.165) is 44.1 Å². The Morgan fingerprint density at radius 1 is 0.773 bits per heavy atom. The number of fused-ring (bicyclic) bond motifs is 4. The van der Waals surface area contributed by atoms with Gasteiger partial charge in [-0.05, 0) is 77.2 Å². The fourth-order valence-electron chi connectivity index (χ4n) is 6.64. The summed E-state index contributed by atoms with van der Waals surface area (Å²) in [6, 6.07) is 37.9. The fourth-order valence-corrected chi connectivity index (χ4v) is 6.64. The van der Waals surface area contributed by atoms with Crippen molar-refractivity contribution in [1.82, 2.24) is 14.5 Å². The van der Waals surface area contributed by atoms with Crippen molar-refractivity contribution < 1.29 is 30.9 Å². The number of aromatic nitrogens is 3. The summed E-state index contributed by atoms with van der Waals surface area (Å²) in [5.41, 5.74) is 5.92. The second kappa shape index (κ2) is 11.9. The van der Waals surface area contributed by atoms with Crippen molar-refractivity contribution in [2.24, 2.45) is 0 Å². The molecule has 1 N–H and O–H groups in total. The van der Waals surface area contributed by atoms with E-state index < -0.39 is 0 Å². The van der Waals surface area contributed by atoms with E-state index in [1.165, 1.54) is 37.7 Å². The van der Waals surface area contributed by atoms with Gasteiger partial charge < -0.3 is 14.4 Å². The van der Waals surface area contributed by atoms with Gasteiger partial charge >= 0.3 is 0 Å². The molecule has 1 saturated carbocycles. The van der Waals surface area contributed by atoms with Crippen molar-refractivity contribution in [2.45, 2.75) is 38.0 Å². The number of nitrogens with zero attached hydrogens (tertiary/aromatic N) is 3. The van der Waals surface area contributed by atoms with Crippen molar-refractivity contribution in [1.29, 1.82) is 0 Å². The number of hydrogen-bond donors (Lipinski definition) is 1. The number of para-hydroxylation sites is 1. The van der Waals surface area contributed by atoms with Gasteiger partial charge in [0.2, 0.25) is 5.88 Å². The topological polar surface area (TPSA) is 60.2 Å². The molecule has 7 aromatic rings. The first-order valence-corrected chi connectivity index (χ1v) is 15.0. The Balaban J connectivity index is 0.00000312. The van der Waals surface area contributed by atoms with Gasteiger partial charge in [0, 0.05) is 50.0 Å². The number of phenolic OH excluding ortho intramolecular Hbond substituents is 1. The van der Waals surface area contributed by atoms with Crippen LogP contribution in [-0.2, 0) is 21.1 Å². The largest absolute Gasteiger partial charge is 0.506 e. The van der Waals surface area contributed by atoms with Crippen LogP contribution in [-0.4, -0.2) is 19.6 Å². The standard InChI is InChI=1S/C38H30N3O2.Pt/c42-35-19-17-29(26-11-5-2-6-12-26)32-18-20-37(40-38(32)35)43-28-15-16-31-30-13-7-8-14-33(30)41(34(31)24-28)36-23-27(21-22-39-36)25-9-3-1-4-10-25;/h2,5-8,11-23,25,42H,1,3-4,9-10H2;/q-1;. The molecule has 3 aromatic heterocycles. The smallest absolute Gasteiger partial charge is 0.217 e. The molecule has 0 unspecified atom stereocenters. The van der Waals surface area contributed by atoms with Crippen molar-refractivity contribution in [2.75, 3.05) is 0 Å². The second-order valence-electron chi connectivity index (χ2n) is 11.4. The average Bonchev–Trinajstić information content (AvgIpc) is 3.39. The predicted octanol–water partition coefficient (Wildman–Crippen LogP) is 9.74. The second-order valence-corrected chi connectivity index (χ2v) is 11.4. The van der Waals surface area contributed by atoms with Crippen LogP contribution in [0, 0.1) is 6.07 Å². The minimum Gasteiger partial charge on any atom is -0.506 e. The van der Waals surface area contributed by atoms with Crippen LogP contribution in [0.15, 0.2) is 109 Å². The van der Waals surface area contributed by atoms with E-state index in [0.29, 0.717) is 23.1 Å². The van der Waals surface area contributed by atoms with E-state index in [1.54, 1.807) is 6.07 Å². The molecule has 1 fully saturated rings. The Labute approximate surface area is 270 Å². The Morgan fingerprint density at radius 3 is 2.43 bits per heavy atom. The van der Waals surface area contributed by atoms with Crippen LogP contribution in [0.3, 0.4) is 0 Å². The van der Waals surface area contributed by atoms with Crippen LogP contribution in [0.4, 0.5) is 0 Å². The molecule has 44 heavy (non-hydrogen) atoms. The minimum atomic E-state index is 0. The third-order valence-corrected chi connectivity index (χ3v) is 8.74. The number of aromatic hydroxyl groups is 1. The summed E-state index contributed by atoms with van der Waals surface area (Å²) >= 11 is 0. The fraction of sp³-hybridized carbons (Fsp3) is 0.158. The number of rotatable bonds is 5. The summed E-state index contributed by atoms with van der Waals surface area (Å²) in [4.78, 5) is 9.54. The molecule has 8 rings (SSSR count). The summed E-state index contributed by atoms with van der Waals surface area (Å²) in [5.74, 6) is 2.53. The summed E-state index contributed by atoms with van der Waals surface area (Å²) in [5, 5.41) is 13.8. The molecule has 220 valence electrons. The Bertz CT molecular complexity index is 2120. The molecule has 1 aliphatic rings. The zero-order valence-corrected chi connectivity index (χ0v) is 26.3. The molecule has 0 aliphatic heterocycles. The molecule has 0 radical (unpaired) electrons. The molecule has 0 amide bonds. The third kappa shape index (κ3) is 5.06. The molecule has 0 bridgehead atoms. The Hall–Kier alpha value is -4.47. The summed E-state index contributed by atoms with van der Waals surface area (Å²) < 4.78 is 8.48. The molecule has 4 aromatic carbocycles. The van der Waals surface area contributed by atoms with Crippen molar-refractivity contribution >= 4 is 32.7 Å². The Morgan fingerprint density at radius 2 is 1.57 bits per heavy atom. The first kappa shape index (κ1) is 28.3. The maximum Gasteiger partial charge on any atom is 0.217 e.